The van der Waals surface area contributed by atoms with Gasteiger partial charge >= 0.3 is 0 Å². The van der Waals surface area contributed by atoms with Crippen LogP contribution in [0.15, 0.2) is 36.8 Å². The lowest BCUT2D eigenvalue weighted by molar-refractivity contribution is 0.311. The number of rotatable bonds is 5. The van der Waals surface area contributed by atoms with Gasteiger partial charge in [-0.3, -0.25) is 4.68 Å². The fraction of sp³-hybridized carbons (Fsp3) is 0.381. The van der Waals surface area contributed by atoms with Gasteiger partial charge in [0.1, 0.15) is 5.75 Å². The smallest absolute Gasteiger partial charge is 0.247 e. The SMILES string of the molecule is COc1cc(Nc2nc3n(n2)C=CN(c2cnn(C)c2)C3)ccc1N1CCN(C)CC1. The van der Waals surface area contributed by atoms with Crippen LogP contribution in [0.4, 0.5) is 23.0 Å². The summed E-state index contributed by atoms with van der Waals surface area (Å²) in [6, 6.07) is 6.16. The molecule has 0 saturated carbocycles. The van der Waals surface area contributed by atoms with Gasteiger partial charge in [-0.25, -0.2) is 4.68 Å². The maximum atomic E-state index is 5.68. The van der Waals surface area contributed by atoms with E-state index >= 15 is 0 Å². The summed E-state index contributed by atoms with van der Waals surface area (Å²) in [6.45, 7) is 4.72. The number of fused-ring (bicyclic) bond motifs is 1. The number of aryl methyl sites for hydroxylation is 1. The summed E-state index contributed by atoms with van der Waals surface area (Å²) in [7, 11) is 5.78. The average molecular weight is 422 g/mol. The highest BCUT2D eigenvalue weighted by molar-refractivity contribution is 5.67. The van der Waals surface area contributed by atoms with Crippen molar-refractivity contribution in [3.05, 3.63) is 42.6 Å². The van der Waals surface area contributed by atoms with Crippen molar-refractivity contribution in [2.24, 2.45) is 7.05 Å². The Morgan fingerprint density at radius 3 is 2.65 bits per heavy atom. The Bertz CT molecular complexity index is 1090. The number of likely N-dealkylation sites (N-methyl/N-ethyl adjacent to an activating group) is 1. The Morgan fingerprint density at radius 1 is 1.06 bits per heavy atom. The predicted octanol–water partition coefficient (Wildman–Crippen LogP) is 1.96. The molecule has 4 heterocycles. The molecule has 0 radical (unpaired) electrons. The van der Waals surface area contributed by atoms with E-state index in [0.29, 0.717) is 12.5 Å². The lowest BCUT2D eigenvalue weighted by Crippen LogP contribution is -2.44. The van der Waals surface area contributed by atoms with Crippen molar-refractivity contribution in [1.29, 1.82) is 0 Å². The molecule has 0 spiro atoms. The number of hydrogen-bond acceptors (Lipinski definition) is 8. The third-order valence-corrected chi connectivity index (χ3v) is 5.70. The zero-order chi connectivity index (χ0) is 21.4. The summed E-state index contributed by atoms with van der Waals surface area (Å²) in [5.74, 6) is 2.26. The summed E-state index contributed by atoms with van der Waals surface area (Å²) >= 11 is 0. The number of anilines is 4. The Morgan fingerprint density at radius 2 is 1.90 bits per heavy atom. The van der Waals surface area contributed by atoms with Gasteiger partial charge in [0.15, 0.2) is 5.82 Å². The van der Waals surface area contributed by atoms with E-state index in [1.165, 1.54) is 0 Å². The molecule has 1 N–H and O–H groups in total. The second kappa shape index (κ2) is 7.95. The van der Waals surface area contributed by atoms with E-state index in [1.807, 2.05) is 44.0 Å². The second-order valence-corrected chi connectivity index (χ2v) is 7.90. The predicted molar refractivity (Wildman–Crippen MR) is 121 cm³/mol. The molecular formula is C21H27N9O. The minimum atomic E-state index is 0.557. The van der Waals surface area contributed by atoms with E-state index in [-0.39, 0.29) is 0 Å². The van der Waals surface area contributed by atoms with Crippen LogP contribution in [-0.2, 0) is 13.6 Å². The topological polar surface area (TPSA) is 79.5 Å². The van der Waals surface area contributed by atoms with Gasteiger partial charge in [0.2, 0.25) is 5.95 Å². The van der Waals surface area contributed by atoms with E-state index in [1.54, 1.807) is 16.5 Å². The number of ether oxygens (including phenoxy) is 1. The molecular weight excluding hydrogens is 394 g/mol. The fourth-order valence-corrected chi connectivity index (χ4v) is 3.91. The Hall–Kier alpha value is -3.53. The van der Waals surface area contributed by atoms with E-state index in [9.17, 15) is 0 Å². The van der Waals surface area contributed by atoms with Gasteiger partial charge in [-0.2, -0.15) is 10.1 Å². The molecule has 2 aromatic heterocycles. The summed E-state index contributed by atoms with van der Waals surface area (Å²) in [5, 5.41) is 12.1. The van der Waals surface area contributed by atoms with Crippen LogP contribution in [0.2, 0.25) is 0 Å². The molecule has 1 saturated heterocycles. The number of piperazine rings is 1. The van der Waals surface area contributed by atoms with Crippen molar-refractivity contribution in [3.8, 4) is 5.75 Å². The maximum absolute atomic E-state index is 5.68. The van der Waals surface area contributed by atoms with Crippen molar-refractivity contribution < 1.29 is 4.74 Å². The molecule has 0 unspecified atom stereocenters. The van der Waals surface area contributed by atoms with Crippen LogP contribution in [0, 0.1) is 0 Å². The third kappa shape index (κ3) is 3.93. The first-order valence-electron chi connectivity index (χ1n) is 10.4. The van der Waals surface area contributed by atoms with Crippen molar-refractivity contribution in [2.45, 2.75) is 6.54 Å². The number of benzene rings is 1. The molecule has 162 valence electrons. The molecule has 0 bridgehead atoms. The highest BCUT2D eigenvalue weighted by Gasteiger charge is 2.20. The van der Waals surface area contributed by atoms with Crippen LogP contribution < -0.4 is 19.9 Å². The lowest BCUT2D eigenvalue weighted by Gasteiger charge is -2.34. The Kier molecular flexibility index (Phi) is 4.99. The van der Waals surface area contributed by atoms with Crippen LogP contribution >= 0.6 is 0 Å². The first kappa shape index (κ1) is 19.4. The molecule has 10 nitrogen and oxygen atoms in total. The van der Waals surface area contributed by atoms with E-state index in [4.69, 9.17) is 4.74 Å². The quantitative estimate of drug-likeness (QED) is 0.670. The van der Waals surface area contributed by atoms with Crippen molar-refractivity contribution in [3.63, 3.8) is 0 Å². The van der Waals surface area contributed by atoms with Crippen LogP contribution in [0.25, 0.3) is 6.20 Å². The highest BCUT2D eigenvalue weighted by atomic mass is 16.5. The third-order valence-electron chi connectivity index (χ3n) is 5.70. The van der Waals surface area contributed by atoms with Gasteiger partial charge in [-0.1, -0.05) is 0 Å². The molecule has 1 aromatic carbocycles. The highest BCUT2D eigenvalue weighted by Crippen LogP contribution is 2.33. The first-order valence-corrected chi connectivity index (χ1v) is 10.4. The largest absolute Gasteiger partial charge is 0.495 e. The molecule has 2 aliphatic heterocycles. The molecule has 31 heavy (non-hydrogen) atoms. The van der Waals surface area contributed by atoms with E-state index in [0.717, 1.165) is 54.8 Å². The normalized spacial score (nSPS) is 16.5. The maximum Gasteiger partial charge on any atom is 0.247 e. The molecule has 1 fully saturated rings. The average Bonchev–Trinajstić information content (AvgIpc) is 3.39. The van der Waals surface area contributed by atoms with Crippen LogP contribution in [0.5, 0.6) is 5.75 Å². The minimum Gasteiger partial charge on any atom is -0.495 e. The van der Waals surface area contributed by atoms with Gasteiger partial charge in [0.25, 0.3) is 0 Å². The van der Waals surface area contributed by atoms with Gasteiger partial charge in [0.05, 0.1) is 31.2 Å². The molecule has 3 aromatic rings. The van der Waals surface area contributed by atoms with Crippen LogP contribution in [0.1, 0.15) is 5.82 Å². The summed E-state index contributed by atoms with van der Waals surface area (Å²) in [5.41, 5.74) is 3.03. The van der Waals surface area contributed by atoms with Crippen LogP contribution in [-0.4, -0.2) is 69.8 Å². The standard InChI is InChI=1S/C21H27N9O/c1-26-6-8-28(9-7-26)18-5-4-16(12-19(18)31-3)23-21-24-20-15-29(10-11-30(20)25-21)17-13-22-27(2)14-17/h4-5,10-14H,6-9,15H2,1-3H3,(H,23,25). The number of hydrogen-bond donors (Lipinski definition) is 1. The fourth-order valence-electron chi connectivity index (χ4n) is 3.91. The zero-order valence-corrected chi connectivity index (χ0v) is 18.1. The van der Waals surface area contributed by atoms with Crippen molar-refractivity contribution in [1.82, 2.24) is 29.4 Å². The summed E-state index contributed by atoms with van der Waals surface area (Å²) in [6.07, 6.45) is 7.70. The number of methoxy groups -OCH3 is 1. The van der Waals surface area contributed by atoms with Crippen molar-refractivity contribution >= 4 is 29.2 Å². The first-order chi connectivity index (χ1) is 15.1. The monoisotopic (exact) mass is 421 g/mol. The molecule has 5 rings (SSSR count). The summed E-state index contributed by atoms with van der Waals surface area (Å²) < 4.78 is 9.27. The zero-order valence-electron chi connectivity index (χ0n) is 18.1. The number of aromatic nitrogens is 5. The number of nitrogens with zero attached hydrogens (tertiary/aromatic N) is 8. The number of nitrogens with one attached hydrogen (secondary N) is 1. The second-order valence-electron chi connectivity index (χ2n) is 7.90. The molecule has 0 aliphatic carbocycles. The van der Waals surface area contributed by atoms with E-state index < -0.39 is 0 Å². The molecule has 10 heteroatoms. The Balaban J connectivity index is 1.31. The van der Waals surface area contributed by atoms with Crippen molar-refractivity contribution in [2.75, 3.05) is 55.5 Å². The van der Waals surface area contributed by atoms with Crippen LogP contribution in [0.3, 0.4) is 0 Å². The molecule has 0 atom stereocenters. The van der Waals surface area contributed by atoms with Gasteiger partial charge in [-0.15, -0.1) is 5.10 Å². The minimum absolute atomic E-state index is 0.557. The van der Waals surface area contributed by atoms with Gasteiger partial charge in [0, 0.05) is 63.6 Å². The Labute approximate surface area is 181 Å². The van der Waals surface area contributed by atoms with Gasteiger partial charge < -0.3 is 24.8 Å². The van der Waals surface area contributed by atoms with E-state index in [2.05, 4.69) is 48.3 Å². The summed E-state index contributed by atoms with van der Waals surface area (Å²) in [4.78, 5) is 11.5. The van der Waals surface area contributed by atoms with Gasteiger partial charge in [-0.05, 0) is 19.2 Å². The molecule has 2 aliphatic rings. The lowest BCUT2D eigenvalue weighted by atomic mass is 10.2. The molecule has 0 amide bonds.